The number of piperidine rings is 1. The van der Waals surface area contributed by atoms with Gasteiger partial charge in [-0.25, -0.2) is 9.59 Å². The fourth-order valence-corrected chi connectivity index (χ4v) is 6.55. The number of nitrogens with zero attached hydrogens (tertiary/aromatic N) is 4. The summed E-state index contributed by atoms with van der Waals surface area (Å²) >= 11 is 6.46. The smallest absolute Gasteiger partial charge is 0.495 e. The number of carboxylic acid groups (broad SMARTS) is 1. The molecular weight excluding hydrogens is 568 g/mol. The first-order chi connectivity index (χ1) is 20.8. The van der Waals surface area contributed by atoms with Crippen molar-refractivity contribution in [3.8, 4) is 11.5 Å². The molecule has 4 aromatic rings. The maximum atomic E-state index is 14.5. The van der Waals surface area contributed by atoms with E-state index < -0.39 is 6.16 Å². The number of carbonyl (C=O) groups excluding carboxylic acids is 1. The number of pyridine rings is 1. The van der Waals surface area contributed by atoms with E-state index in [1.54, 1.807) is 55.6 Å². The molecule has 0 radical (unpaired) electrons. The Labute approximate surface area is 255 Å². The summed E-state index contributed by atoms with van der Waals surface area (Å²) < 4.78 is 10.6. The minimum Gasteiger partial charge on any atom is -0.495 e. The van der Waals surface area contributed by atoms with Gasteiger partial charge in [0.25, 0.3) is 0 Å². The molecule has 1 aliphatic heterocycles. The van der Waals surface area contributed by atoms with Crippen molar-refractivity contribution in [1.29, 1.82) is 0 Å². The lowest BCUT2D eigenvalue weighted by Gasteiger charge is -2.42. The van der Waals surface area contributed by atoms with E-state index in [-0.39, 0.29) is 23.9 Å². The van der Waals surface area contributed by atoms with Crippen molar-refractivity contribution in [1.82, 2.24) is 9.88 Å². The van der Waals surface area contributed by atoms with Gasteiger partial charge < -0.3 is 24.4 Å². The van der Waals surface area contributed by atoms with Crippen LogP contribution in [-0.2, 0) is 6.42 Å². The molecular formula is C33H33ClN4O5. The average Bonchev–Trinajstić information content (AvgIpc) is 3.44. The normalized spacial score (nSPS) is 16.5. The summed E-state index contributed by atoms with van der Waals surface area (Å²) in [7, 11) is 3.39. The van der Waals surface area contributed by atoms with Crippen LogP contribution in [0.4, 0.5) is 21.0 Å². The van der Waals surface area contributed by atoms with E-state index in [2.05, 4.69) is 28.1 Å². The highest BCUT2D eigenvalue weighted by Crippen LogP contribution is 2.41. The van der Waals surface area contributed by atoms with Crippen LogP contribution in [0.25, 0.3) is 10.8 Å². The lowest BCUT2D eigenvalue weighted by molar-refractivity contribution is 0.144. The summed E-state index contributed by atoms with van der Waals surface area (Å²) in [4.78, 5) is 35.8. The van der Waals surface area contributed by atoms with E-state index >= 15 is 0 Å². The molecule has 1 atom stereocenters. The van der Waals surface area contributed by atoms with Gasteiger partial charge in [-0.05, 0) is 90.7 Å². The Morgan fingerprint density at radius 1 is 1.00 bits per heavy atom. The molecule has 9 nitrogen and oxygen atoms in total. The standard InChI is InChI=1S/C33H33ClN4O5/c1-36(29-9-5-21-4-8-27(19-28(21)29)43-33(40)41)32(39)38(30-18-24(34)6-10-31(30)42-2)25-12-15-37(16-13-25)26-7-3-23-20-35-14-11-22(23)17-26/h3-4,6-8,10-11,14,17-20,25,29H,5,9,12-13,15-16H2,1-2H3,(H,40,41). The van der Waals surface area contributed by atoms with Gasteiger partial charge >= 0.3 is 12.2 Å². The number of carbonyl (C=O) groups is 2. The number of rotatable bonds is 6. The maximum absolute atomic E-state index is 14.5. The molecule has 2 amide bonds. The molecule has 1 aliphatic carbocycles. The molecule has 1 saturated heterocycles. The number of benzene rings is 3. The number of urea groups is 1. The summed E-state index contributed by atoms with van der Waals surface area (Å²) in [6.07, 6.45) is 5.32. The van der Waals surface area contributed by atoms with Gasteiger partial charge in [-0.1, -0.05) is 23.7 Å². The molecule has 0 saturated carbocycles. The molecule has 1 aromatic heterocycles. The van der Waals surface area contributed by atoms with E-state index in [9.17, 15) is 9.59 Å². The van der Waals surface area contributed by atoms with Crippen LogP contribution in [0.5, 0.6) is 11.5 Å². The minimum absolute atomic E-state index is 0.0919. The van der Waals surface area contributed by atoms with Gasteiger partial charge in [0.05, 0.1) is 18.8 Å². The second-order valence-corrected chi connectivity index (χ2v) is 11.4. The maximum Gasteiger partial charge on any atom is 0.511 e. The molecule has 0 bridgehead atoms. The molecule has 3 aromatic carbocycles. The predicted molar refractivity (Wildman–Crippen MR) is 167 cm³/mol. The number of halogens is 1. The molecule has 1 unspecified atom stereocenters. The van der Waals surface area contributed by atoms with E-state index in [0.717, 1.165) is 66.4 Å². The number of aryl methyl sites for hydroxylation is 1. The molecule has 2 aliphatic rings. The first-order valence-electron chi connectivity index (χ1n) is 14.3. The summed E-state index contributed by atoms with van der Waals surface area (Å²) in [5.41, 5.74) is 3.75. The van der Waals surface area contributed by atoms with E-state index in [1.165, 1.54) is 0 Å². The summed E-state index contributed by atoms with van der Waals surface area (Å²) in [5.74, 6) is 0.811. The van der Waals surface area contributed by atoms with E-state index in [1.807, 2.05) is 23.2 Å². The second-order valence-electron chi connectivity index (χ2n) is 11.0. The van der Waals surface area contributed by atoms with Gasteiger partial charge in [-0.2, -0.15) is 0 Å². The zero-order chi connectivity index (χ0) is 30.1. The monoisotopic (exact) mass is 600 g/mol. The van der Waals surface area contributed by atoms with Crippen LogP contribution in [0.3, 0.4) is 0 Å². The highest BCUT2D eigenvalue weighted by atomic mass is 35.5. The van der Waals surface area contributed by atoms with Gasteiger partial charge in [0.15, 0.2) is 0 Å². The third kappa shape index (κ3) is 5.77. The fraction of sp³-hybridized carbons (Fsp3) is 0.303. The Morgan fingerprint density at radius 2 is 1.81 bits per heavy atom. The van der Waals surface area contributed by atoms with Crippen molar-refractivity contribution >= 4 is 45.9 Å². The molecule has 10 heteroatoms. The Bertz CT molecular complexity index is 1670. The molecule has 0 spiro atoms. The molecule has 222 valence electrons. The first kappa shape index (κ1) is 28.6. The number of hydrogen-bond acceptors (Lipinski definition) is 6. The van der Waals surface area contributed by atoms with Crippen LogP contribution in [0.1, 0.15) is 36.4 Å². The third-order valence-corrected chi connectivity index (χ3v) is 8.80. The Hall–Kier alpha value is -4.50. The number of hydrogen-bond donors (Lipinski definition) is 1. The van der Waals surface area contributed by atoms with Crippen LogP contribution in [-0.4, -0.2) is 60.5 Å². The van der Waals surface area contributed by atoms with Gasteiger partial charge in [0.1, 0.15) is 11.5 Å². The van der Waals surface area contributed by atoms with Crippen molar-refractivity contribution in [2.45, 2.75) is 37.8 Å². The molecule has 43 heavy (non-hydrogen) atoms. The second kappa shape index (κ2) is 12.0. The van der Waals surface area contributed by atoms with Gasteiger partial charge in [0.2, 0.25) is 0 Å². The number of methoxy groups -OCH3 is 1. The lowest BCUT2D eigenvalue weighted by atomic mass is 10.0. The molecule has 1 fully saturated rings. The molecule has 1 N–H and O–H groups in total. The minimum atomic E-state index is -1.37. The SMILES string of the molecule is COc1ccc(Cl)cc1N(C(=O)N(C)C1CCc2ccc(OC(=O)O)cc21)C1CCN(c2ccc3cnccc3c2)CC1. The Balaban J connectivity index is 1.28. The quantitative estimate of drug-likeness (QED) is 0.185. The van der Waals surface area contributed by atoms with Crippen LogP contribution in [0.2, 0.25) is 5.02 Å². The average molecular weight is 601 g/mol. The number of fused-ring (bicyclic) bond motifs is 2. The van der Waals surface area contributed by atoms with Crippen LogP contribution < -0.4 is 19.3 Å². The van der Waals surface area contributed by atoms with Crippen molar-refractivity contribution in [3.05, 3.63) is 89.2 Å². The Morgan fingerprint density at radius 3 is 2.58 bits per heavy atom. The van der Waals surface area contributed by atoms with Gasteiger partial charge in [-0.3, -0.25) is 9.88 Å². The summed E-state index contributed by atoms with van der Waals surface area (Å²) in [5, 5.41) is 11.9. The number of ether oxygens (including phenoxy) is 2. The zero-order valence-corrected chi connectivity index (χ0v) is 24.8. The van der Waals surface area contributed by atoms with Crippen molar-refractivity contribution in [2.75, 3.05) is 37.0 Å². The van der Waals surface area contributed by atoms with Crippen LogP contribution in [0.15, 0.2) is 73.1 Å². The van der Waals surface area contributed by atoms with Crippen molar-refractivity contribution in [2.24, 2.45) is 0 Å². The highest BCUT2D eigenvalue weighted by Gasteiger charge is 2.37. The van der Waals surface area contributed by atoms with E-state index in [4.69, 9.17) is 26.2 Å². The van der Waals surface area contributed by atoms with Crippen LogP contribution >= 0.6 is 11.6 Å². The van der Waals surface area contributed by atoms with Crippen molar-refractivity contribution < 1.29 is 24.2 Å². The number of aromatic nitrogens is 1. The molecule has 6 rings (SSSR count). The fourth-order valence-electron chi connectivity index (χ4n) is 6.39. The first-order valence-corrected chi connectivity index (χ1v) is 14.7. The highest BCUT2D eigenvalue weighted by molar-refractivity contribution is 6.31. The zero-order valence-electron chi connectivity index (χ0n) is 24.1. The lowest BCUT2D eigenvalue weighted by Crippen LogP contribution is -2.52. The van der Waals surface area contributed by atoms with Crippen LogP contribution in [0, 0.1) is 0 Å². The van der Waals surface area contributed by atoms with Crippen molar-refractivity contribution in [3.63, 3.8) is 0 Å². The van der Waals surface area contributed by atoms with Gasteiger partial charge in [0, 0.05) is 54.7 Å². The van der Waals surface area contributed by atoms with Gasteiger partial charge in [-0.15, -0.1) is 0 Å². The molecule has 2 heterocycles. The topological polar surface area (TPSA) is 95.4 Å². The number of amides is 2. The Kier molecular flexibility index (Phi) is 7.99. The summed E-state index contributed by atoms with van der Waals surface area (Å²) in [6.45, 7) is 1.56. The largest absolute Gasteiger partial charge is 0.511 e. The summed E-state index contributed by atoms with van der Waals surface area (Å²) in [6, 6.07) is 18.5. The number of anilines is 2. The predicted octanol–water partition coefficient (Wildman–Crippen LogP) is 7.17. The van der Waals surface area contributed by atoms with E-state index in [0.29, 0.717) is 16.5 Å². The third-order valence-electron chi connectivity index (χ3n) is 8.56.